The molecular formula is C17H20F3NO. The van der Waals surface area contributed by atoms with Gasteiger partial charge in [0, 0.05) is 18.0 Å². The number of amides is 1. The molecule has 0 aromatic heterocycles. The number of carbonyl (C=O) groups excluding carboxylic acids is 1. The molecule has 2 atom stereocenters. The second kappa shape index (κ2) is 5.28. The predicted octanol–water partition coefficient (Wildman–Crippen LogP) is 4.21. The molecular weight excluding hydrogens is 291 g/mol. The van der Waals surface area contributed by atoms with Crippen LogP contribution in [0.4, 0.5) is 13.2 Å². The number of nitrogens with zero attached hydrogens (tertiary/aromatic N) is 1. The summed E-state index contributed by atoms with van der Waals surface area (Å²) in [6, 6.07) is 6.04. The highest BCUT2D eigenvalue weighted by molar-refractivity contribution is 5.84. The molecule has 0 spiro atoms. The van der Waals surface area contributed by atoms with Crippen molar-refractivity contribution < 1.29 is 18.0 Å². The molecule has 0 heterocycles. The van der Waals surface area contributed by atoms with Crippen LogP contribution in [0, 0.1) is 5.92 Å². The van der Waals surface area contributed by atoms with Gasteiger partial charge in [0.15, 0.2) is 0 Å². The van der Waals surface area contributed by atoms with Gasteiger partial charge in [-0.05, 0) is 50.7 Å². The normalized spacial score (nSPS) is 24.5. The molecule has 0 saturated heterocycles. The lowest BCUT2D eigenvalue weighted by Crippen LogP contribution is -2.40. The second-order valence-electron chi connectivity index (χ2n) is 6.60. The van der Waals surface area contributed by atoms with Crippen molar-refractivity contribution in [2.75, 3.05) is 0 Å². The summed E-state index contributed by atoms with van der Waals surface area (Å²) in [5.41, 5.74) is -0.328. The van der Waals surface area contributed by atoms with Crippen LogP contribution in [0.1, 0.15) is 50.2 Å². The summed E-state index contributed by atoms with van der Waals surface area (Å²) in [6.07, 6.45) is -1.80. The summed E-state index contributed by atoms with van der Waals surface area (Å²) in [5, 5.41) is 0. The lowest BCUT2D eigenvalue weighted by Gasteiger charge is -2.27. The molecule has 5 heteroatoms. The maximum absolute atomic E-state index is 13.1. The number of alkyl halides is 3. The van der Waals surface area contributed by atoms with Crippen LogP contribution >= 0.6 is 0 Å². The molecule has 1 aromatic carbocycles. The van der Waals surface area contributed by atoms with E-state index >= 15 is 0 Å². The van der Waals surface area contributed by atoms with E-state index in [2.05, 4.69) is 0 Å². The molecule has 0 N–H and O–H groups in total. The summed E-state index contributed by atoms with van der Waals surface area (Å²) < 4.78 is 39.3. The lowest BCUT2D eigenvalue weighted by molar-refractivity contribution is -0.139. The zero-order valence-electron chi connectivity index (χ0n) is 12.7. The molecule has 22 heavy (non-hydrogen) atoms. The minimum absolute atomic E-state index is 0.0273. The number of hydrogen-bond acceptors (Lipinski definition) is 1. The molecule has 2 nitrogen and oxygen atoms in total. The summed E-state index contributed by atoms with van der Waals surface area (Å²) >= 11 is 0. The highest BCUT2D eigenvalue weighted by Crippen LogP contribution is 2.52. The van der Waals surface area contributed by atoms with Crippen LogP contribution in [0.5, 0.6) is 0 Å². The van der Waals surface area contributed by atoms with Crippen LogP contribution in [0.25, 0.3) is 0 Å². The van der Waals surface area contributed by atoms with Crippen molar-refractivity contribution in [2.24, 2.45) is 5.92 Å². The largest absolute Gasteiger partial charge is 0.416 e. The van der Waals surface area contributed by atoms with Crippen LogP contribution in [0.15, 0.2) is 24.3 Å². The van der Waals surface area contributed by atoms with Crippen molar-refractivity contribution in [3.63, 3.8) is 0 Å². The van der Waals surface area contributed by atoms with Crippen molar-refractivity contribution in [1.29, 1.82) is 0 Å². The first-order valence-electron chi connectivity index (χ1n) is 7.79. The zero-order chi connectivity index (χ0) is 16.1. The Kier molecular flexibility index (Phi) is 3.69. The Bertz CT molecular complexity index is 576. The molecule has 120 valence electrons. The number of carbonyl (C=O) groups is 1. The van der Waals surface area contributed by atoms with Crippen LogP contribution < -0.4 is 0 Å². The van der Waals surface area contributed by atoms with Crippen LogP contribution in [0.3, 0.4) is 0 Å². The van der Waals surface area contributed by atoms with Gasteiger partial charge in [-0.15, -0.1) is 0 Å². The molecule has 0 aliphatic heterocycles. The molecule has 0 radical (unpaired) electrons. The van der Waals surface area contributed by atoms with Crippen LogP contribution in [-0.4, -0.2) is 22.9 Å². The summed E-state index contributed by atoms with van der Waals surface area (Å²) in [7, 11) is 0. The summed E-state index contributed by atoms with van der Waals surface area (Å²) in [5.74, 6) is -0.545. The van der Waals surface area contributed by atoms with E-state index in [4.69, 9.17) is 0 Å². The lowest BCUT2D eigenvalue weighted by atomic mass is 10.0. The fraction of sp³-hybridized carbons (Fsp3) is 0.588. The standard InChI is InChI=1S/C17H20F3NO/c1-10(2)21(11-7-8-11)16(22)14-9-13(14)12-5-3-4-6-15(12)17(18,19)20/h3-6,10-11,13-14H,7-9H2,1-2H3/t13-,14+/m0/s1. The van der Waals surface area contributed by atoms with Gasteiger partial charge in [-0.25, -0.2) is 0 Å². The van der Waals surface area contributed by atoms with E-state index in [-0.39, 0.29) is 29.3 Å². The molecule has 1 amide bonds. The van der Waals surface area contributed by atoms with E-state index in [0.717, 1.165) is 18.9 Å². The van der Waals surface area contributed by atoms with Gasteiger partial charge in [0.1, 0.15) is 0 Å². The van der Waals surface area contributed by atoms with E-state index < -0.39 is 11.7 Å². The maximum atomic E-state index is 13.1. The molecule has 2 fully saturated rings. The van der Waals surface area contributed by atoms with Gasteiger partial charge in [0.25, 0.3) is 0 Å². The monoisotopic (exact) mass is 311 g/mol. The fourth-order valence-corrected chi connectivity index (χ4v) is 3.29. The number of benzene rings is 1. The van der Waals surface area contributed by atoms with Crippen molar-refractivity contribution in [2.45, 2.75) is 57.3 Å². The maximum Gasteiger partial charge on any atom is 0.416 e. The van der Waals surface area contributed by atoms with Crippen LogP contribution in [-0.2, 0) is 11.0 Å². The average molecular weight is 311 g/mol. The Hall–Kier alpha value is -1.52. The highest BCUT2D eigenvalue weighted by Gasteiger charge is 2.51. The summed E-state index contributed by atoms with van der Waals surface area (Å²) in [6.45, 7) is 3.94. The topological polar surface area (TPSA) is 20.3 Å². The van der Waals surface area contributed by atoms with E-state index in [1.807, 2.05) is 18.7 Å². The van der Waals surface area contributed by atoms with Gasteiger partial charge in [-0.3, -0.25) is 4.79 Å². The van der Waals surface area contributed by atoms with Crippen molar-refractivity contribution in [3.05, 3.63) is 35.4 Å². The first-order chi connectivity index (χ1) is 10.3. The van der Waals surface area contributed by atoms with E-state index in [0.29, 0.717) is 12.5 Å². The minimum atomic E-state index is -4.36. The van der Waals surface area contributed by atoms with E-state index in [1.54, 1.807) is 6.07 Å². The quantitative estimate of drug-likeness (QED) is 0.816. The number of hydrogen-bond donors (Lipinski definition) is 0. The molecule has 0 bridgehead atoms. The predicted molar refractivity (Wildman–Crippen MR) is 77.3 cm³/mol. The SMILES string of the molecule is CC(C)N(C(=O)[C@@H]1C[C@H]1c1ccccc1C(F)(F)F)C1CC1. The van der Waals surface area contributed by atoms with E-state index in [9.17, 15) is 18.0 Å². The Morgan fingerprint density at radius 2 is 1.86 bits per heavy atom. The van der Waals surface area contributed by atoms with Gasteiger partial charge in [0.05, 0.1) is 5.56 Å². The van der Waals surface area contributed by atoms with Crippen molar-refractivity contribution >= 4 is 5.91 Å². The van der Waals surface area contributed by atoms with Gasteiger partial charge in [0.2, 0.25) is 5.91 Å². The van der Waals surface area contributed by atoms with Gasteiger partial charge < -0.3 is 4.90 Å². The third-order valence-electron chi connectivity index (χ3n) is 4.52. The Morgan fingerprint density at radius 1 is 1.23 bits per heavy atom. The molecule has 2 aliphatic rings. The highest BCUT2D eigenvalue weighted by atomic mass is 19.4. The van der Waals surface area contributed by atoms with Gasteiger partial charge >= 0.3 is 6.18 Å². The van der Waals surface area contributed by atoms with Crippen LogP contribution in [0.2, 0.25) is 0 Å². The number of rotatable bonds is 4. The molecule has 2 aliphatic carbocycles. The van der Waals surface area contributed by atoms with Gasteiger partial charge in [-0.1, -0.05) is 18.2 Å². The van der Waals surface area contributed by atoms with Crippen molar-refractivity contribution in [1.82, 2.24) is 4.90 Å². The third kappa shape index (κ3) is 2.85. The first kappa shape index (κ1) is 15.4. The van der Waals surface area contributed by atoms with Crippen molar-refractivity contribution in [3.8, 4) is 0 Å². The molecule has 3 rings (SSSR count). The zero-order valence-corrected chi connectivity index (χ0v) is 12.7. The van der Waals surface area contributed by atoms with E-state index in [1.165, 1.54) is 12.1 Å². The second-order valence-corrected chi connectivity index (χ2v) is 6.60. The Morgan fingerprint density at radius 3 is 2.41 bits per heavy atom. The van der Waals surface area contributed by atoms with Gasteiger partial charge in [-0.2, -0.15) is 13.2 Å². The summed E-state index contributed by atoms with van der Waals surface area (Å²) in [4.78, 5) is 14.5. The molecule has 0 unspecified atom stereocenters. The molecule has 2 saturated carbocycles. The average Bonchev–Trinajstić information content (AvgIpc) is 3.31. The Labute approximate surface area is 128 Å². The fourth-order valence-electron chi connectivity index (χ4n) is 3.29. The number of halogens is 3. The third-order valence-corrected chi connectivity index (χ3v) is 4.52. The first-order valence-corrected chi connectivity index (χ1v) is 7.79. The smallest absolute Gasteiger partial charge is 0.337 e. The molecule has 1 aromatic rings. The Balaban J connectivity index is 1.79. The minimum Gasteiger partial charge on any atom is -0.337 e.